The molecule has 0 aromatic heterocycles. The third-order valence-electron chi connectivity index (χ3n) is 3.23. The molecule has 0 aromatic rings. The van der Waals surface area contributed by atoms with Crippen molar-refractivity contribution in [2.45, 2.75) is 45.2 Å². The van der Waals surface area contributed by atoms with Gasteiger partial charge in [-0.25, -0.2) is 5.43 Å². The lowest BCUT2D eigenvalue weighted by molar-refractivity contribution is -0.148. The molecule has 86 valence electrons. The average Bonchev–Trinajstić information content (AvgIpc) is 2.74. The molecule has 1 saturated carbocycles. The summed E-state index contributed by atoms with van der Waals surface area (Å²) in [6.45, 7) is 4.62. The van der Waals surface area contributed by atoms with Crippen molar-refractivity contribution >= 4 is 5.97 Å². The standard InChI is InChI=1S/C11H20N2O2/c1-7(2)6-15-11(14)10-8-4-3-5-9(8)12-13-10/h7-10,12-13H,3-6H2,1-2H3. The van der Waals surface area contributed by atoms with Crippen molar-refractivity contribution in [2.75, 3.05) is 6.61 Å². The van der Waals surface area contributed by atoms with Crippen LogP contribution in [0.5, 0.6) is 0 Å². The Morgan fingerprint density at radius 2 is 2.20 bits per heavy atom. The van der Waals surface area contributed by atoms with Crippen molar-refractivity contribution in [3.8, 4) is 0 Å². The Kier molecular flexibility index (Phi) is 3.26. The highest BCUT2D eigenvalue weighted by atomic mass is 16.5. The first-order chi connectivity index (χ1) is 7.18. The fraction of sp³-hybridized carbons (Fsp3) is 0.909. The van der Waals surface area contributed by atoms with E-state index in [0.717, 1.165) is 6.42 Å². The fourth-order valence-corrected chi connectivity index (χ4v) is 2.44. The van der Waals surface area contributed by atoms with Crippen molar-refractivity contribution in [1.82, 2.24) is 10.9 Å². The van der Waals surface area contributed by atoms with Gasteiger partial charge in [0.2, 0.25) is 0 Å². The molecule has 0 aromatic carbocycles. The topological polar surface area (TPSA) is 50.4 Å². The van der Waals surface area contributed by atoms with Crippen molar-refractivity contribution in [1.29, 1.82) is 0 Å². The molecule has 1 aliphatic heterocycles. The third-order valence-corrected chi connectivity index (χ3v) is 3.23. The maximum atomic E-state index is 11.8. The van der Waals surface area contributed by atoms with E-state index in [1.165, 1.54) is 12.8 Å². The molecule has 0 spiro atoms. The summed E-state index contributed by atoms with van der Waals surface area (Å²) in [6.07, 6.45) is 3.52. The Morgan fingerprint density at radius 1 is 1.40 bits per heavy atom. The summed E-state index contributed by atoms with van der Waals surface area (Å²) in [6, 6.07) is 0.345. The van der Waals surface area contributed by atoms with Gasteiger partial charge in [0.25, 0.3) is 0 Å². The Hall–Kier alpha value is -0.610. The molecule has 15 heavy (non-hydrogen) atoms. The molecule has 4 heteroatoms. The maximum absolute atomic E-state index is 11.8. The SMILES string of the molecule is CC(C)COC(=O)C1NNC2CCCC21. The number of nitrogens with one attached hydrogen (secondary N) is 2. The molecule has 1 aliphatic carbocycles. The smallest absolute Gasteiger partial charge is 0.324 e. The highest BCUT2D eigenvalue weighted by Crippen LogP contribution is 2.31. The second-order valence-electron chi connectivity index (χ2n) is 4.99. The second kappa shape index (κ2) is 4.49. The monoisotopic (exact) mass is 212 g/mol. The van der Waals surface area contributed by atoms with Crippen LogP contribution in [0.25, 0.3) is 0 Å². The zero-order chi connectivity index (χ0) is 10.8. The van der Waals surface area contributed by atoms with E-state index in [9.17, 15) is 4.79 Å². The van der Waals surface area contributed by atoms with Crippen LogP contribution < -0.4 is 10.9 Å². The Morgan fingerprint density at radius 3 is 2.93 bits per heavy atom. The van der Waals surface area contributed by atoms with E-state index in [4.69, 9.17) is 4.74 Å². The van der Waals surface area contributed by atoms with Crippen LogP contribution in [-0.2, 0) is 9.53 Å². The summed E-state index contributed by atoms with van der Waals surface area (Å²) in [4.78, 5) is 11.8. The van der Waals surface area contributed by atoms with E-state index in [1.807, 2.05) is 13.8 Å². The van der Waals surface area contributed by atoms with Gasteiger partial charge < -0.3 is 4.74 Å². The van der Waals surface area contributed by atoms with Gasteiger partial charge in [0.15, 0.2) is 0 Å². The molecule has 1 heterocycles. The number of hydrazine groups is 1. The van der Waals surface area contributed by atoms with E-state index in [0.29, 0.717) is 24.5 Å². The minimum atomic E-state index is -0.128. The molecular weight excluding hydrogens is 192 g/mol. The van der Waals surface area contributed by atoms with Crippen molar-refractivity contribution in [3.05, 3.63) is 0 Å². The zero-order valence-electron chi connectivity index (χ0n) is 9.45. The maximum Gasteiger partial charge on any atom is 0.324 e. The number of hydrogen-bond donors (Lipinski definition) is 2. The van der Waals surface area contributed by atoms with Gasteiger partial charge in [-0.3, -0.25) is 10.2 Å². The van der Waals surface area contributed by atoms with Gasteiger partial charge in [0, 0.05) is 12.0 Å². The number of carbonyl (C=O) groups is 1. The first-order valence-electron chi connectivity index (χ1n) is 5.86. The highest BCUT2D eigenvalue weighted by Gasteiger charge is 2.43. The van der Waals surface area contributed by atoms with E-state index in [2.05, 4.69) is 10.9 Å². The van der Waals surface area contributed by atoms with Gasteiger partial charge in [-0.15, -0.1) is 0 Å². The Bertz CT molecular complexity index is 243. The van der Waals surface area contributed by atoms with Gasteiger partial charge in [-0.1, -0.05) is 20.3 Å². The van der Waals surface area contributed by atoms with Gasteiger partial charge in [-0.2, -0.15) is 0 Å². The van der Waals surface area contributed by atoms with E-state index >= 15 is 0 Å². The summed E-state index contributed by atoms with van der Waals surface area (Å²) in [7, 11) is 0. The molecule has 4 nitrogen and oxygen atoms in total. The van der Waals surface area contributed by atoms with Crippen molar-refractivity contribution in [2.24, 2.45) is 11.8 Å². The molecular formula is C11H20N2O2. The number of ether oxygens (including phenoxy) is 1. The Balaban J connectivity index is 1.85. The van der Waals surface area contributed by atoms with Crippen LogP contribution in [0.1, 0.15) is 33.1 Å². The van der Waals surface area contributed by atoms with Crippen LogP contribution in [0.15, 0.2) is 0 Å². The van der Waals surface area contributed by atoms with Crippen molar-refractivity contribution < 1.29 is 9.53 Å². The molecule has 0 amide bonds. The lowest BCUT2D eigenvalue weighted by Gasteiger charge is -2.16. The van der Waals surface area contributed by atoms with E-state index in [-0.39, 0.29) is 12.0 Å². The number of rotatable bonds is 3. The molecule has 0 bridgehead atoms. The summed E-state index contributed by atoms with van der Waals surface area (Å²) >= 11 is 0. The summed E-state index contributed by atoms with van der Waals surface area (Å²) in [5.74, 6) is 0.748. The largest absolute Gasteiger partial charge is 0.464 e. The third kappa shape index (κ3) is 2.32. The molecule has 2 N–H and O–H groups in total. The Labute approximate surface area is 90.7 Å². The number of fused-ring (bicyclic) bond motifs is 1. The molecule has 2 fully saturated rings. The van der Waals surface area contributed by atoms with Crippen LogP contribution >= 0.6 is 0 Å². The number of esters is 1. The molecule has 2 rings (SSSR count). The summed E-state index contributed by atoms with van der Waals surface area (Å²) < 4.78 is 5.25. The van der Waals surface area contributed by atoms with Crippen LogP contribution in [-0.4, -0.2) is 24.7 Å². The van der Waals surface area contributed by atoms with E-state index < -0.39 is 0 Å². The quantitative estimate of drug-likeness (QED) is 0.680. The number of hydrogen-bond acceptors (Lipinski definition) is 4. The van der Waals surface area contributed by atoms with Gasteiger partial charge in [0.1, 0.15) is 6.04 Å². The summed E-state index contributed by atoms with van der Waals surface area (Å²) in [5, 5.41) is 0. The van der Waals surface area contributed by atoms with E-state index in [1.54, 1.807) is 0 Å². The fourth-order valence-electron chi connectivity index (χ4n) is 2.44. The van der Waals surface area contributed by atoms with Crippen LogP contribution in [0.2, 0.25) is 0 Å². The van der Waals surface area contributed by atoms with Gasteiger partial charge in [-0.05, 0) is 18.8 Å². The predicted octanol–water partition coefficient (Wildman–Crippen LogP) is 0.831. The van der Waals surface area contributed by atoms with Crippen LogP contribution in [0.3, 0.4) is 0 Å². The molecule has 3 unspecified atom stereocenters. The first-order valence-corrected chi connectivity index (χ1v) is 5.86. The predicted molar refractivity (Wildman–Crippen MR) is 57.0 cm³/mol. The van der Waals surface area contributed by atoms with Gasteiger partial charge in [0.05, 0.1) is 6.61 Å². The first kappa shape index (κ1) is 10.9. The molecule has 1 saturated heterocycles. The zero-order valence-corrected chi connectivity index (χ0v) is 9.45. The average molecular weight is 212 g/mol. The number of carbonyl (C=O) groups excluding carboxylic acids is 1. The molecule has 0 radical (unpaired) electrons. The normalized spacial score (nSPS) is 34.5. The lowest BCUT2D eigenvalue weighted by atomic mass is 9.97. The van der Waals surface area contributed by atoms with Crippen molar-refractivity contribution in [3.63, 3.8) is 0 Å². The highest BCUT2D eigenvalue weighted by molar-refractivity contribution is 5.76. The second-order valence-corrected chi connectivity index (χ2v) is 4.99. The molecule has 3 atom stereocenters. The van der Waals surface area contributed by atoms with Crippen LogP contribution in [0.4, 0.5) is 0 Å². The van der Waals surface area contributed by atoms with Gasteiger partial charge >= 0.3 is 5.97 Å². The summed E-state index contributed by atoms with van der Waals surface area (Å²) in [5.41, 5.74) is 6.24. The van der Waals surface area contributed by atoms with Crippen LogP contribution in [0, 0.1) is 11.8 Å². The molecule has 2 aliphatic rings. The lowest BCUT2D eigenvalue weighted by Crippen LogP contribution is -2.40. The minimum Gasteiger partial charge on any atom is -0.464 e. The minimum absolute atomic E-state index is 0.0920.